The molecule has 0 aromatic carbocycles. The molecule has 0 spiro atoms. The first-order chi connectivity index (χ1) is 10.9. The number of rotatable bonds is 4. The molecule has 2 heterocycles. The predicted octanol–water partition coefficient (Wildman–Crippen LogP) is 5.62. The number of aromatic amines is 1. The lowest BCUT2D eigenvalue weighted by Gasteiger charge is -2.34. The van der Waals surface area contributed by atoms with Gasteiger partial charge in [0.15, 0.2) is 10.6 Å². The standard InChI is InChI=1S/C18H27N3S2/c1-5-6-9-21-16(19-20-17(21)22)14-11-23-15-10-12(18(2,3)4)7-8-13(14)15/h11-12H,5-10H2,1-4H3,(H,20,22)/t12-/m1/s1. The first kappa shape index (κ1) is 16.9. The van der Waals surface area contributed by atoms with Crippen molar-refractivity contribution in [2.24, 2.45) is 11.3 Å². The molecule has 2 aromatic heterocycles. The Hall–Kier alpha value is -0.940. The van der Waals surface area contributed by atoms with Crippen molar-refractivity contribution in [3.63, 3.8) is 0 Å². The van der Waals surface area contributed by atoms with Gasteiger partial charge in [0.2, 0.25) is 0 Å². The zero-order chi connectivity index (χ0) is 16.6. The molecule has 0 amide bonds. The molecule has 0 saturated carbocycles. The minimum absolute atomic E-state index is 0.392. The van der Waals surface area contributed by atoms with Gasteiger partial charge in [0.05, 0.1) is 0 Å². The van der Waals surface area contributed by atoms with Crippen LogP contribution in [0.2, 0.25) is 0 Å². The average molecular weight is 350 g/mol. The second kappa shape index (κ2) is 6.52. The molecule has 0 radical (unpaired) electrons. The van der Waals surface area contributed by atoms with Gasteiger partial charge < -0.3 is 4.57 Å². The maximum absolute atomic E-state index is 5.43. The molecule has 0 aliphatic heterocycles. The van der Waals surface area contributed by atoms with E-state index < -0.39 is 0 Å². The van der Waals surface area contributed by atoms with Gasteiger partial charge in [-0.2, -0.15) is 5.10 Å². The summed E-state index contributed by atoms with van der Waals surface area (Å²) in [5.74, 6) is 1.82. The molecule has 1 aliphatic rings. The van der Waals surface area contributed by atoms with E-state index in [1.54, 1.807) is 4.88 Å². The summed E-state index contributed by atoms with van der Waals surface area (Å²) in [5, 5.41) is 9.83. The molecule has 0 unspecified atom stereocenters. The van der Waals surface area contributed by atoms with Gasteiger partial charge in [-0.25, -0.2) is 0 Å². The van der Waals surface area contributed by atoms with Gasteiger partial charge in [-0.05, 0) is 54.8 Å². The highest BCUT2D eigenvalue weighted by Gasteiger charge is 2.31. The molecule has 3 rings (SSSR count). The van der Waals surface area contributed by atoms with E-state index in [2.05, 4.69) is 47.8 Å². The lowest BCUT2D eigenvalue weighted by Crippen LogP contribution is -2.26. The maximum atomic E-state index is 5.43. The molecule has 2 aromatic rings. The van der Waals surface area contributed by atoms with Crippen LogP contribution in [0.15, 0.2) is 5.38 Å². The molecule has 126 valence electrons. The summed E-state index contributed by atoms with van der Waals surface area (Å²) in [6.07, 6.45) is 5.97. The Balaban J connectivity index is 1.93. The van der Waals surface area contributed by atoms with E-state index in [1.165, 1.54) is 36.8 Å². The summed E-state index contributed by atoms with van der Waals surface area (Å²) in [4.78, 5) is 1.56. The Morgan fingerprint density at radius 1 is 1.43 bits per heavy atom. The summed E-state index contributed by atoms with van der Waals surface area (Å²) < 4.78 is 2.92. The summed E-state index contributed by atoms with van der Waals surface area (Å²) in [7, 11) is 0. The van der Waals surface area contributed by atoms with Crippen LogP contribution in [-0.2, 0) is 19.4 Å². The molecule has 1 atom stereocenters. The Labute approximate surface area is 148 Å². The summed E-state index contributed by atoms with van der Waals surface area (Å²) in [6, 6.07) is 0. The fourth-order valence-corrected chi connectivity index (χ4v) is 4.87. The van der Waals surface area contributed by atoms with E-state index in [4.69, 9.17) is 12.2 Å². The smallest absolute Gasteiger partial charge is 0.195 e. The second-order valence-corrected chi connectivity index (χ2v) is 9.07. The zero-order valence-electron chi connectivity index (χ0n) is 14.6. The van der Waals surface area contributed by atoms with Crippen LogP contribution < -0.4 is 0 Å². The third-order valence-electron chi connectivity index (χ3n) is 5.11. The topological polar surface area (TPSA) is 33.6 Å². The summed E-state index contributed by atoms with van der Waals surface area (Å²) in [5.41, 5.74) is 3.21. The van der Waals surface area contributed by atoms with Gasteiger partial charge in [0.25, 0.3) is 0 Å². The minimum atomic E-state index is 0.392. The number of hydrogen-bond acceptors (Lipinski definition) is 3. The van der Waals surface area contributed by atoms with E-state index >= 15 is 0 Å². The fraction of sp³-hybridized carbons (Fsp3) is 0.667. The van der Waals surface area contributed by atoms with E-state index in [-0.39, 0.29) is 0 Å². The molecule has 5 heteroatoms. The Morgan fingerprint density at radius 3 is 2.91 bits per heavy atom. The molecule has 0 bridgehead atoms. The highest BCUT2D eigenvalue weighted by molar-refractivity contribution is 7.71. The first-order valence-electron chi connectivity index (χ1n) is 8.66. The number of aromatic nitrogens is 3. The number of hydrogen-bond donors (Lipinski definition) is 1. The highest BCUT2D eigenvalue weighted by Crippen LogP contribution is 2.42. The average Bonchev–Trinajstić information content (AvgIpc) is 3.07. The summed E-state index contributed by atoms with van der Waals surface area (Å²) >= 11 is 7.34. The van der Waals surface area contributed by atoms with Crippen LogP contribution in [0.4, 0.5) is 0 Å². The van der Waals surface area contributed by atoms with Crippen molar-refractivity contribution in [3.05, 3.63) is 20.6 Å². The number of H-pyrrole nitrogens is 1. The summed E-state index contributed by atoms with van der Waals surface area (Å²) in [6.45, 7) is 10.3. The van der Waals surface area contributed by atoms with E-state index in [0.717, 1.165) is 29.5 Å². The third-order valence-corrected chi connectivity index (χ3v) is 6.48. The molecular weight excluding hydrogens is 322 g/mol. The van der Waals surface area contributed by atoms with E-state index in [1.807, 2.05) is 11.3 Å². The van der Waals surface area contributed by atoms with Crippen molar-refractivity contribution in [1.29, 1.82) is 0 Å². The lowest BCUT2D eigenvalue weighted by molar-refractivity contribution is 0.218. The van der Waals surface area contributed by atoms with Crippen LogP contribution in [0.25, 0.3) is 11.4 Å². The van der Waals surface area contributed by atoms with Crippen LogP contribution in [0.3, 0.4) is 0 Å². The van der Waals surface area contributed by atoms with Gasteiger partial charge >= 0.3 is 0 Å². The first-order valence-corrected chi connectivity index (χ1v) is 9.95. The van der Waals surface area contributed by atoms with Crippen LogP contribution in [-0.4, -0.2) is 14.8 Å². The zero-order valence-corrected chi connectivity index (χ0v) is 16.2. The van der Waals surface area contributed by atoms with Crippen LogP contribution in [0.5, 0.6) is 0 Å². The van der Waals surface area contributed by atoms with Crippen molar-refractivity contribution in [2.75, 3.05) is 0 Å². The minimum Gasteiger partial charge on any atom is -0.300 e. The Morgan fingerprint density at radius 2 is 2.22 bits per heavy atom. The number of thiophene rings is 1. The van der Waals surface area contributed by atoms with Crippen molar-refractivity contribution in [2.45, 2.75) is 66.3 Å². The normalized spacial score (nSPS) is 18.2. The van der Waals surface area contributed by atoms with Crippen LogP contribution in [0.1, 0.15) is 57.4 Å². The quantitative estimate of drug-likeness (QED) is 0.727. The lowest BCUT2D eigenvalue weighted by atomic mass is 9.72. The van der Waals surface area contributed by atoms with E-state index in [0.29, 0.717) is 5.41 Å². The number of fused-ring (bicyclic) bond motifs is 1. The fourth-order valence-electron chi connectivity index (χ4n) is 3.49. The Kier molecular flexibility index (Phi) is 4.79. The number of nitrogens with zero attached hydrogens (tertiary/aromatic N) is 2. The van der Waals surface area contributed by atoms with Gasteiger partial charge in [0.1, 0.15) is 0 Å². The highest BCUT2D eigenvalue weighted by atomic mass is 32.1. The molecule has 1 N–H and O–H groups in total. The van der Waals surface area contributed by atoms with Gasteiger partial charge in [-0.15, -0.1) is 11.3 Å². The molecule has 3 nitrogen and oxygen atoms in total. The molecular formula is C18H27N3S2. The molecule has 0 saturated heterocycles. The SMILES string of the molecule is CCCCn1c(-c2csc3c2CC[C@@H](C(C)(C)C)C3)n[nH]c1=S. The predicted molar refractivity (Wildman–Crippen MR) is 101 cm³/mol. The molecule has 23 heavy (non-hydrogen) atoms. The van der Waals surface area contributed by atoms with Crippen LogP contribution in [0, 0.1) is 16.1 Å². The van der Waals surface area contributed by atoms with Gasteiger partial charge in [-0.3, -0.25) is 5.10 Å². The number of unbranched alkanes of at least 4 members (excludes halogenated alkanes) is 1. The van der Waals surface area contributed by atoms with Crippen molar-refractivity contribution in [1.82, 2.24) is 14.8 Å². The monoisotopic (exact) mass is 349 g/mol. The van der Waals surface area contributed by atoms with E-state index in [9.17, 15) is 0 Å². The van der Waals surface area contributed by atoms with Crippen LogP contribution >= 0.6 is 23.6 Å². The maximum Gasteiger partial charge on any atom is 0.195 e. The Bertz CT molecular complexity index is 730. The molecule has 1 aliphatic carbocycles. The van der Waals surface area contributed by atoms with Gasteiger partial charge in [0, 0.05) is 22.4 Å². The van der Waals surface area contributed by atoms with Crippen molar-refractivity contribution >= 4 is 23.6 Å². The largest absolute Gasteiger partial charge is 0.300 e. The molecule has 0 fully saturated rings. The van der Waals surface area contributed by atoms with Gasteiger partial charge in [-0.1, -0.05) is 34.1 Å². The van der Waals surface area contributed by atoms with Crippen molar-refractivity contribution < 1.29 is 0 Å². The van der Waals surface area contributed by atoms with Crippen molar-refractivity contribution in [3.8, 4) is 11.4 Å². The number of nitrogens with one attached hydrogen (secondary N) is 1. The second-order valence-electron chi connectivity index (χ2n) is 7.71. The third kappa shape index (κ3) is 3.31.